The Bertz CT molecular complexity index is 385. The molecule has 0 spiro atoms. The fourth-order valence-electron chi connectivity index (χ4n) is 2.88. The highest BCUT2D eigenvalue weighted by Gasteiger charge is 2.21. The third-order valence-electron chi connectivity index (χ3n) is 3.77. The van der Waals surface area contributed by atoms with Gasteiger partial charge < -0.3 is 0 Å². The van der Waals surface area contributed by atoms with Crippen LogP contribution in [0, 0.1) is 11.6 Å². The second-order valence-electron chi connectivity index (χ2n) is 5.23. The number of hydrogen-bond donors (Lipinski definition) is 0. The lowest BCUT2D eigenvalue weighted by atomic mass is 9.94. The Morgan fingerprint density at radius 1 is 1.05 bits per heavy atom. The van der Waals surface area contributed by atoms with E-state index in [0.717, 1.165) is 23.5 Å². The van der Waals surface area contributed by atoms with Gasteiger partial charge in [-0.05, 0) is 30.5 Å². The molecule has 0 N–H and O–H groups in total. The van der Waals surface area contributed by atoms with Crippen molar-refractivity contribution in [3.8, 4) is 0 Å². The molecular formula is C15H20BrF2N. The largest absolute Gasteiger partial charge is 0.295 e. The van der Waals surface area contributed by atoms with Gasteiger partial charge in [-0.1, -0.05) is 35.2 Å². The van der Waals surface area contributed by atoms with Crippen molar-refractivity contribution in [1.82, 2.24) is 4.90 Å². The predicted octanol–water partition coefficient (Wildman–Crippen LogP) is 4.49. The average Bonchev–Trinajstić information content (AvgIpc) is 2.38. The summed E-state index contributed by atoms with van der Waals surface area (Å²) < 4.78 is 26.5. The van der Waals surface area contributed by atoms with E-state index in [-0.39, 0.29) is 0 Å². The molecule has 1 nitrogen and oxygen atoms in total. The summed E-state index contributed by atoms with van der Waals surface area (Å²) in [6, 6.07) is 4.36. The lowest BCUT2D eigenvalue weighted by Gasteiger charge is -2.34. The quantitative estimate of drug-likeness (QED) is 0.718. The maximum atomic E-state index is 13.2. The first-order chi connectivity index (χ1) is 9.19. The van der Waals surface area contributed by atoms with Gasteiger partial charge in [-0.2, -0.15) is 0 Å². The summed E-state index contributed by atoms with van der Waals surface area (Å²) >= 11 is 3.47. The van der Waals surface area contributed by atoms with Crippen LogP contribution in [-0.2, 0) is 6.54 Å². The van der Waals surface area contributed by atoms with Crippen LogP contribution in [0.4, 0.5) is 8.78 Å². The van der Waals surface area contributed by atoms with Gasteiger partial charge in [-0.25, -0.2) is 8.78 Å². The first-order valence-electron chi connectivity index (χ1n) is 6.94. The van der Waals surface area contributed by atoms with E-state index in [1.807, 2.05) is 0 Å². The van der Waals surface area contributed by atoms with Crippen molar-refractivity contribution >= 4 is 15.9 Å². The molecule has 1 aliphatic rings. The lowest BCUT2D eigenvalue weighted by Crippen LogP contribution is -2.37. The lowest BCUT2D eigenvalue weighted by molar-refractivity contribution is 0.157. The number of nitrogens with zero attached hydrogens (tertiary/aromatic N) is 1. The van der Waals surface area contributed by atoms with Crippen molar-refractivity contribution in [1.29, 1.82) is 0 Å². The van der Waals surface area contributed by atoms with E-state index in [2.05, 4.69) is 20.8 Å². The van der Waals surface area contributed by atoms with Gasteiger partial charge in [0.1, 0.15) is 11.6 Å². The fraction of sp³-hybridized carbons (Fsp3) is 0.600. The van der Waals surface area contributed by atoms with Crippen LogP contribution in [0.5, 0.6) is 0 Å². The highest BCUT2D eigenvalue weighted by Crippen LogP contribution is 2.24. The van der Waals surface area contributed by atoms with Crippen molar-refractivity contribution in [2.24, 2.45) is 0 Å². The zero-order chi connectivity index (χ0) is 13.7. The fourth-order valence-corrected chi connectivity index (χ4v) is 3.34. The Kier molecular flexibility index (Phi) is 5.76. The van der Waals surface area contributed by atoms with Gasteiger partial charge in [0.2, 0.25) is 0 Å². The minimum absolute atomic E-state index is 0.488. The number of halogens is 3. The van der Waals surface area contributed by atoms with Gasteiger partial charge >= 0.3 is 0 Å². The molecular weight excluding hydrogens is 312 g/mol. The molecule has 0 atom stereocenters. The van der Waals surface area contributed by atoms with Crippen LogP contribution >= 0.6 is 15.9 Å². The van der Waals surface area contributed by atoms with Crippen molar-refractivity contribution in [2.45, 2.75) is 44.7 Å². The molecule has 0 saturated heterocycles. The third-order valence-corrected chi connectivity index (χ3v) is 4.13. The Morgan fingerprint density at radius 2 is 1.68 bits per heavy atom. The Balaban J connectivity index is 2.06. The molecule has 1 saturated carbocycles. The molecule has 4 heteroatoms. The van der Waals surface area contributed by atoms with Crippen molar-refractivity contribution in [3.63, 3.8) is 0 Å². The normalized spacial score (nSPS) is 17.1. The molecule has 19 heavy (non-hydrogen) atoms. The SMILES string of the molecule is Fc1cc(F)cc(CN(CCBr)C2CCCCC2)c1. The molecule has 1 aliphatic carbocycles. The Hall–Kier alpha value is -0.480. The van der Waals surface area contributed by atoms with Crippen LogP contribution in [0.15, 0.2) is 18.2 Å². The van der Waals surface area contributed by atoms with Crippen molar-refractivity contribution < 1.29 is 8.78 Å². The van der Waals surface area contributed by atoms with Crippen LogP contribution in [0.1, 0.15) is 37.7 Å². The summed E-state index contributed by atoms with van der Waals surface area (Å²) in [5.74, 6) is -0.977. The summed E-state index contributed by atoms with van der Waals surface area (Å²) in [7, 11) is 0. The second kappa shape index (κ2) is 7.34. The average molecular weight is 332 g/mol. The molecule has 0 bridgehead atoms. The predicted molar refractivity (Wildman–Crippen MR) is 77.4 cm³/mol. The standard InChI is InChI=1S/C15H20BrF2N/c16-6-7-19(15-4-2-1-3-5-15)11-12-8-13(17)10-14(18)9-12/h8-10,15H,1-7,11H2. The summed E-state index contributed by atoms with van der Waals surface area (Å²) in [5.41, 5.74) is 0.726. The molecule has 0 amide bonds. The number of rotatable bonds is 5. The number of hydrogen-bond acceptors (Lipinski definition) is 1. The minimum Gasteiger partial charge on any atom is -0.295 e. The Morgan fingerprint density at radius 3 is 2.26 bits per heavy atom. The molecule has 0 heterocycles. The molecule has 1 aromatic rings. The molecule has 0 radical (unpaired) electrons. The maximum Gasteiger partial charge on any atom is 0.126 e. The molecule has 0 unspecified atom stereocenters. The van der Waals surface area contributed by atoms with Crippen molar-refractivity contribution in [2.75, 3.05) is 11.9 Å². The smallest absolute Gasteiger partial charge is 0.126 e. The molecule has 1 aromatic carbocycles. The monoisotopic (exact) mass is 331 g/mol. The van der Waals surface area contributed by atoms with Gasteiger partial charge in [0, 0.05) is 30.5 Å². The van der Waals surface area contributed by atoms with E-state index in [1.165, 1.54) is 44.2 Å². The Labute approximate surface area is 122 Å². The van der Waals surface area contributed by atoms with Gasteiger partial charge in [-0.3, -0.25) is 4.90 Å². The van der Waals surface area contributed by atoms with Crippen LogP contribution < -0.4 is 0 Å². The van der Waals surface area contributed by atoms with Crippen molar-refractivity contribution in [3.05, 3.63) is 35.4 Å². The number of benzene rings is 1. The van der Waals surface area contributed by atoms with Crippen LogP contribution in [0.2, 0.25) is 0 Å². The third kappa shape index (κ3) is 4.53. The van der Waals surface area contributed by atoms with Crippen LogP contribution in [0.3, 0.4) is 0 Å². The zero-order valence-corrected chi connectivity index (χ0v) is 12.6. The van der Waals surface area contributed by atoms with Gasteiger partial charge in [0.15, 0.2) is 0 Å². The van der Waals surface area contributed by atoms with E-state index in [0.29, 0.717) is 12.6 Å². The van der Waals surface area contributed by atoms with Crippen LogP contribution in [-0.4, -0.2) is 22.8 Å². The van der Waals surface area contributed by atoms with Gasteiger partial charge in [0.25, 0.3) is 0 Å². The first-order valence-corrected chi connectivity index (χ1v) is 8.06. The molecule has 106 valence electrons. The van der Waals surface area contributed by atoms with E-state index < -0.39 is 11.6 Å². The summed E-state index contributed by atoms with van der Waals surface area (Å²) in [6.07, 6.45) is 6.24. The van der Waals surface area contributed by atoms with E-state index in [4.69, 9.17) is 0 Å². The number of alkyl halides is 1. The van der Waals surface area contributed by atoms with E-state index in [1.54, 1.807) is 0 Å². The van der Waals surface area contributed by atoms with Gasteiger partial charge in [0.05, 0.1) is 0 Å². The highest BCUT2D eigenvalue weighted by atomic mass is 79.9. The van der Waals surface area contributed by atoms with E-state index in [9.17, 15) is 8.78 Å². The molecule has 2 rings (SSSR count). The first kappa shape index (κ1) is 14.9. The minimum atomic E-state index is -0.488. The topological polar surface area (TPSA) is 3.24 Å². The molecule has 0 aliphatic heterocycles. The van der Waals surface area contributed by atoms with Crippen LogP contribution in [0.25, 0.3) is 0 Å². The second-order valence-corrected chi connectivity index (χ2v) is 6.02. The van der Waals surface area contributed by atoms with E-state index >= 15 is 0 Å². The molecule has 1 fully saturated rings. The summed E-state index contributed by atoms with van der Waals surface area (Å²) in [6.45, 7) is 1.55. The molecule has 0 aromatic heterocycles. The summed E-state index contributed by atoms with van der Waals surface area (Å²) in [4.78, 5) is 2.35. The zero-order valence-electron chi connectivity index (χ0n) is 11.0. The highest BCUT2D eigenvalue weighted by molar-refractivity contribution is 9.09. The van der Waals surface area contributed by atoms with Gasteiger partial charge in [-0.15, -0.1) is 0 Å². The maximum absolute atomic E-state index is 13.2. The summed E-state index contributed by atoms with van der Waals surface area (Å²) in [5, 5.41) is 0.890.